The minimum absolute atomic E-state index is 0.0463. The third kappa shape index (κ3) is 3.91. The van der Waals surface area contributed by atoms with Crippen LogP contribution in [0.1, 0.15) is 38.8 Å². The number of aliphatic hydroxyl groups is 1. The van der Waals surface area contributed by atoms with Gasteiger partial charge in [-0.25, -0.2) is 4.39 Å². The first-order chi connectivity index (χ1) is 7.50. The zero-order valence-electron chi connectivity index (χ0n) is 10.1. The van der Waals surface area contributed by atoms with E-state index in [1.165, 1.54) is 6.07 Å². The predicted octanol–water partition coefficient (Wildman–Crippen LogP) is 2.64. The second-order valence-corrected chi connectivity index (χ2v) is 4.40. The van der Waals surface area contributed by atoms with E-state index in [9.17, 15) is 9.50 Å². The second-order valence-electron chi connectivity index (χ2n) is 4.40. The molecule has 90 valence electrons. The highest BCUT2D eigenvalue weighted by Gasteiger charge is 2.13. The number of benzene rings is 1. The van der Waals surface area contributed by atoms with Gasteiger partial charge in [0.15, 0.2) is 0 Å². The monoisotopic (exact) mass is 225 g/mol. The van der Waals surface area contributed by atoms with E-state index in [0.717, 1.165) is 0 Å². The van der Waals surface area contributed by atoms with Gasteiger partial charge in [-0.3, -0.25) is 0 Å². The topological polar surface area (TPSA) is 32.3 Å². The van der Waals surface area contributed by atoms with E-state index in [1.807, 2.05) is 19.9 Å². The molecule has 3 unspecified atom stereocenters. The van der Waals surface area contributed by atoms with Crippen molar-refractivity contribution in [3.05, 3.63) is 35.6 Å². The Morgan fingerprint density at radius 1 is 1.25 bits per heavy atom. The highest BCUT2D eigenvalue weighted by atomic mass is 19.1. The van der Waals surface area contributed by atoms with Gasteiger partial charge in [-0.05, 0) is 33.3 Å². The highest BCUT2D eigenvalue weighted by Crippen LogP contribution is 2.17. The minimum Gasteiger partial charge on any atom is -0.393 e. The average Bonchev–Trinajstić information content (AvgIpc) is 2.16. The van der Waals surface area contributed by atoms with E-state index in [2.05, 4.69) is 5.32 Å². The maximum Gasteiger partial charge on any atom is 0.127 e. The summed E-state index contributed by atoms with van der Waals surface area (Å²) in [5.41, 5.74) is 0.667. The maximum atomic E-state index is 13.5. The van der Waals surface area contributed by atoms with Crippen LogP contribution < -0.4 is 5.32 Å². The van der Waals surface area contributed by atoms with Gasteiger partial charge < -0.3 is 10.4 Å². The molecule has 1 aromatic rings. The first-order valence-electron chi connectivity index (χ1n) is 5.69. The Labute approximate surface area is 96.5 Å². The second kappa shape index (κ2) is 5.97. The minimum atomic E-state index is -0.338. The van der Waals surface area contributed by atoms with Gasteiger partial charge >= 0.3 is 0 Å². The summed E-state index contributed by atoms with van der Waals surface area (Å²) in [4.78, 5) is 0. The van der Waals surface area contributed by atoms with Gasteiger partial charge in [-0.1, -0.05) is 18.2 Å². The van der Waals surface area contributed by atoms with Crippen molar-refractivity contribution in [1.82, 2.24) is 5.32 Å². The number of halogens is 1. The molecule has 0 bridgehead atoms. The van der Waals surface area contributed by atoms with Gasteiger partial charge in [-0.2, -0.15) is 0 Å². The van der Waals surface area contributed by atoms with Crippen molar-refractivity contribution in [3.8, 4) is 0 Å². The van der Waals surface area contributed by atoms with Crippen molar-refractivity contribution in [2.45, 2.75) is 45.4 Å². The maximum absolute atomic E-state index is 13.5. The Morgan fingerprint density at radius 2 is 1.88 bits per heavy atom. The number of hydrogen-bond acceptors (Lipinski definition) is 2. The number of nitrogens with one attached hydrogen (secondary N) is 1. The number of hydrogen-bond donors (Lipinski definition) is 2. The quantitative estimate of drug-likeness (QED) is 0.807. The molecule has 2 nitrogen and oxygen atoms in total. The van der Waals surface area contributed by atoms with Crippen molar-refractivity contribution < 1.29 is 9.50 Å². The normalized spacial score (nSPS) is 16.8. The summed E-state index contributed by atoms with van der Waals surface area (Å²) < 4.78 is 13.5. The molecule has 0 aliphatic heterocycles. The fourth-order valence-electron chi connectivity index (χ4n) is 1.92. The molecule has 1 rings (SSSR count). The highest BCUT2D eigenvalue weighted by molar-refractivity contribution is 5.20. The van der Waals surface area contributed by atoms with Gasteiger partial charge in [0.25, 0.3) is 0 Å². The van der Waals surface area contributed by atoms with Gasteiger partial charge in [0.2, 0.25) is 0 Å². The first kappa shape index (κ1) is 13.1. The summed E-state index contributed by atoms with van der Waals surface area (Å²) in [7, 11) is 0. The molecule has 0 saturated heterocycles. The van der Waals surface area contributed by atoms with Crippen LogP contribution in [0.3, 0.4) is 0 Å². The lowest BCUT2D eigenvalue weighted by Crippen LogP contribution is -2.31. The summed E-state index contributed by atoms with van der Waals surface area (Å²) in [6.45, 7) is 5.67. The first-order valence-corrected chi connectivity index (χ1v) is 5.69. The van der Waals surface area contributed by atoms with Crippen molar-refractivity contribution in [2.24, 2.45) is 0 Å². The molecule has 3 heteroatoms. The molecule has 0 heterocycles. The van der Waals surface area contributed by atoms with Gasteiger partial charge in [0.05, 0.1) is 6.10 Å². The van der Waals surface area contributed by atoms with Crippen LogP contribution >= 0.6 is 0 Å². The third-order valence-electron chi connectivity index (χ3n) is 2.60. The molecule has 2 N–H and O–H groups in total. The van der Waals surface area contributed by atoms with E-state index >= 15 is 0 Å². The fraction of sp³-hybridized carbons (Fsp3) is 0.538. The Morgan fingerprint density at radius 3 is 2.44 bits per heavy atom. The molecule has 0 amide bonds. The lowest BCUT2D eigenvalue weighted by Gasteiger charge is -2.21. The molecule has 0 fully saturated rings. The van der Waals surface area contributed by atoms with Crippen LogP contribution in [0.25, 0.3) is 0 Å². The molecule has 0 saturated carbocycles. The standard InChI is InChI=1S/C13H20FNO/c1-9(8-10(2)16)15-11(3)12-6-4-5-7-13(12)14/h4-7,9-11,15-16H,8H2,1-3H3. The molecule has 0 aliphatic carbocycles. The molecule has 3 atom stereocenters. The molecule has 16 heavy (non-hydrogen) atoms. The van der Waals surface area contributed by atoms with Gasteiger partial charge in [-0.15, -0.1) is 0 Å². The largest absolute Gasteiger partial charge is 0.393 e. The summed E-state index contributed by atoms with van der Waals surface area (Å²) >= 11 is 0. The Bertz CT molecular complexity index is 327. The van der Waals surface area contributed by atoms with Crippen LogP contribution in [-0.2, 0) is 0 Å². The zero-order valence-corrected chi connectivity index (χ0v) is 10.1. The van der Waals surface area contributed by atoms with E-state index < -0.39 is 0 Å². The Hall–Kier alpha value is -0.930. The third-order valence-corrected chi connectivity index (χ3v) is 2.60. The van der Waals surface area contributed by atoms with Crippen molar-refractivity contribution >= 4 is 0 Å². The molecular formula is C13H20FNO. The summed E-state index contributed by atoms with van der Waals surface area (Å²) in [6, 6.07) is 6.87. The van der Waals surface area contributed by atoms with Crippen molar-refractivity contribution in [3.63, 3.8) is 0 Å². The molecule has 0 aliphatic rings. The fourth-order valence-corrected chi connectivity index (χ4v) is 1.92. The van der Waals surface area contributed by atoms with Crippen LogP contribution in [0.4, 0.5) is 4.39 Å². The Balaban J connectivity index is 2.58. The smallest absolute Gasteiger partial charge is 0.127 e. The lowest BCUT2D eigenvalue weighted by molar-refractivity contribution is 0.168. The van der Waals surface area contributed by atoms with Crippen LogP contribution in [0.2, 0.25) is 0 Å². The molecule has 0 aromatic heterocycles. The van der Waals surface area contributed by atoms with Crippen LogP contribution in [-0.4, -0.2) is 17.3 Å². The SMILES string of the molecule is CC(O)CC(C)NC(C)c1ccccc1F. The van der Waals surface area contributed by atoms with E-state index in [4.69, 9.17) is 0 Å². The number of aliphatic hydroxyl groups excluding tert-OH is 1. The van der Waals surface area contributed by atoms with Crippen molar-refractivity contribution in [2.75, 3.05) is 0 Å². The molecular weight excluding hydrogens is 205 g/mol. The van der Waals surface area contributed by atoms with Crippen LogP contribution in [0.5, 0.6) is 0 Å². The van der Waals surface area contributed by atoms with Crippen LogP contribution in [0, 0.1) is 5.82 Å². The summed E-state index contributed by atoms with van der Waals surface area (Å²) in [5, 5.41) is 12.5. The number of rotatable bonds is 5. The van der Waals surface area contributed by atoms with Gasteiger partial charge in [0, 0.05) is 17.6 Å². The lowest BCUT2D eigenvalue weighted by atomic mass is 10.1. The zero-order chi connectivity index (χ0) is 12.1. The molecule has 0 spiro atoms. The molecule has 1 aromatic carbocycles. The van der Waals surface area contributed by atoms with Gasteiger partial charge in [0.1, 0.15) is 5.82 Å². The molecule has 0 radical (unpaired) electrons. The average molecular weight is 225 g/mol. The van der Waals surface area contributed by atoms with Crippen LogP contribution in [0.15, 0.2) is 24.3 Å². The summed E-state index contributed by atoms with van der Waals surface area (Å²) in [6.07, 6.45) is 0.328. The van der Waals surface area contributed by atoms with E-state index in [0.29, 0.717) is 12.0 Å². The Kier molecular flexibility index (Phi) is 4.90. The van der Waals surface area contributed by atoms with E-state index in [-0.39, 0.29) is 24.0 Å². The predicted molar refractivity (Wildman–Crippen MR) is 63.7 cm³/mol. The summed E-state index contributed by atoms with van der Waals surface area (Å²) in [5.74, 6) is -0.188. The van der Waals surface area contributed by atoms with E-state index in [1.54, 1.807) is 19.1 Å². The van der Waals surface area contributed by atoms with Crippen molar-refractivity contribution in [1.29, 1.82) is 0 Å².